The molecule has 1 aromatic rings. The molecule has 0 bridgehead atoms. The van der Waals surface area contributed by atoms with Crippen molar-refractivity contribution in [2.75, 3.05) is 0 Å². The smallest absolute Gasteiger partial charge is 0.211 e. The summed E-state index contributed by atoms with van der Waals surface area (Å²) in [5.74, 6) is 2.66. The Morgan fingerprint density at radius 2 is 2.22 bits per heavy atom. The van der Waals surface area contributed by atoms with Crippen molar-refractivity contribution >= 4 is 0 Å². The van der Waals surface area contributed by atoms with Crippen LogP contribution >= 0.6 is 0 Å². The number of oxazole rings is 1. The second-order valence-corrected chi connectivity index (χ2v) is 5.68. The zero-order valence-electron chi connectivity index (χ0n) is 11.9. The maximum Gasteiger partial charge on any atom is 0.211 e. The lowest BCUT2D eigenvalue weighted by molar-refractivity contribution is 0.347. The Morgan fingerprint density at radius 1 is 1.39 bits per heavy atom. The molecule has 0 amide bonds. The molecule has 0 saturated heterocycles. The second-order valence-electron chi connectivity index (χ2n) is 5.68. The van der Waals surface area contributed by atoms with Gasteiger partial charge in [-0.2, -0.15) is 0 Å². The molecule has 0 radical (unpaired) electrons. The third-order valence-corrected chi connectivity index (χ3v) is 4.16. The Kier molecular flexibility index (Phi) is 4.81. The average molecular weight is 250 g/mol. The SMILES string of the molecule is CCC1CCCC(NC(C)c2ncc(C)o2)CC1. The zero-order chi connectivity index (χ0) is 13.0. The maximum absolute atomic E-state index is 5.59. The van der Waals surface area contributed by atoms with Gasteiger partial charge in [0, 0.05) is 6.04 Å². The van der Waals surface area contributed by atoms with Gasteiger partial charge in [0.2, 0.25) is 5.89 Å². The molecule has 3 atom stereocenters. The highest BCUT2D eigenvalue weighted by molar-refractivity contribution is 4.95. The molecule has 102 valence electrons. The molecule has 1 aliphatic rings. The van der Waals surface area contributed by atoms with Crippen LogP contribution in [0.15, 0.2) is 10.6 Å². The molecule has 0 aromatic carbocycles. The minimum Gasteiger partial charge on any atom is -0.444 e. The lowest BCUT2D eigenvalue weighted by Crippen LogP contribution is -2.31. The van der Waals surface area contributed by atoms with Crippen molar-refractivity contribution in [3.05, 3.63) is 17.8 Å². The molecule has 2 rings (SSSR count). The van der Waals surface area contributed by atoms with Crippen LogP contribution in [0.25, 0.3) is 0 Å². The number of hydrogen-bond donors (Lipinski definition) is 1. The Morgan fingerprint density at radius 3 is 2.89 bits per heavy atom. The highest BCUT2D eigenvalue weighted by Crippen LogP contribution is 2.26. The third kappa shape index (κ3) is 3.58. The summed E-state index contributed by atoms with van der Waals surface area (Å²) in [6.45, 7) is 6.41. The number of nitrogens with zero attached hydrogens (tertiary/aromatic N) is 1. The van der Waals surface area contributed by atoms with Crippen LogP contribution in [0.1, 0.15) is 70.1 Å². The van der Waals surface area contributed by atoms with Gasteiger partial charge < -0.3 is 9.73 Å². The summed E-state index contributed by atoms with van der Waals surface area (Å²) in [4.78, 5) is 4.31. The van der Waals surface area contributed by atoms with Crippen LogP contribution in [-0.2, 0) is 0 Å². The molecule has 1 aliphatic carbocycles. The normalized spacial score (nSPS) is 26.8. The van der Waals surface area contributed by atoms with Crippen molar-refractivity contribution in [2.45, 2.75) is 71.4 Å². The number of aryl methyl sites for hydroxylation is 1. The van der Waals surface area contributed by atoms with Crippen molar-refractivity contribution in [2.24, 2.45) is 5.92 Å². The molecular weight excluding hydrogens is 224 g/mol. The molecule has 3 nitrogen and oxygen atoms in total. The van der Waals surface area contributed by atoms with Crippen LogP contribution in [0.5, 0.6) is 0 Å². The van der Waals surface area contributed by atoms with Crippen molar-refractivity contribution in [3.63, 3.8) is 0 Å². The number of aromatic nitrogens is 1. The topological polar surface area (TPSA) is 38.1 Å². The minimum absolute atomic E-state index is 0.224. The molecule has 1 N–H and O–H groups in total. The third-order valence-electron chi connectivity index (χ3n) is 4.16. The van der Waals surface area contributed by atoms with E-state index in [9.17, 15) is 0 Å². The van der Waals surface area contributed by atoms with E-state index in [2.05, 4.69) is 24.1 Å². The van der Waals surface area contributed by atoms with Gasteiger partial charge in [-0.25, -0.2) is 4.98 Å². The van der Waals surface area contributed by atoms with Gasteiger partial charge in [0.15, 0.2) is 0 Å². The summed E-state index contributed by atoms with van der Waals surface area (Å²) < 4.78 is 5.59. The molecule has 3 unspecified atom stereocenters. The highest BCUT2D eigenvalue weighted by Gasteiger charge is 2.21. The molecule has 1 heterocycles. The summed E-state index contributed by atoms with van der Waals surface area (Å²) in [6, 6.07) is 0.852. The van der Waals surface area contributed by atoms with Crippen LogP contribution in [0.4, 0.5) is 0 Å². The van der Waals surface area contributed by atoms with Gasteiger partial charge in [-0.15, -0.1) is 0 Å². The zero-order valence-corrected chi connectivity index (χ0v) is 11.9. The standard InChI is InChI=1S/C15H26N2O/c1-4-13-6-5-7-14(9-8-13)17-12(3)15-16-10-11(2)18-15/h10,12-14,17H,4-9H2,1-3H3. The molecule has 1 saturated carbocycles. The Hall–Kier alpha value is -0.830. The maximum atomic E-state index is 5.59. The van der Waals surface area contributed by atoms with E-state index >= 15 is 0 Å². The fourth-order valence-electron chi connectivity index (χ4n) is 2.95. The molecule has 1 fully saturated rings. The minimum atomic E-state index is 0.224. The van der Waals surface area contributed by atoms with Gasteiger partial charge >= 0.3 is 0 Å². The monoisotopic (exact) mass is 250 g/mol. The first-order valence-electron chi connectivity index (χ1n) is 7.37. The Bertz CT molecular complexity index is 361. The second kappa shape index (κ2) is 6.37. The van der Waals surface area contributed by atoms with Gasteiger partial charge in [0.1, 0.15) is 5.76 Å². The van der Waals surface area contributed by atoms with E-state index in [4.69, 9.17) is 4.42 Å². The molecule has 1 aromatic heterocycles. The van der Waals surface area contributed by atoms with Crippen LogP contribution in [0.2, 0.25) is 0 Å². The average Bonchev–Trinajstić information content (AvgIpc) is 2.67. The van der Waals surface area contributed by atoms with Gasteiger partial charge in [-0.05, 0) is 39.0 Å². The first-order valence-corrected chi connectivity index (χ1v) is 7.37. The lowest BCUT2D eigenvalue weighted by Gasteiger charge is -2.20. The lowest BCUT2D eigenvalue weighted by atomic mass is 9.98. The molecule has 0 spiro atoms. The van der Waals surface area contributed by atoms with E-state index < -0.39 is 0 Å². The number of rotatable bonds is 4. The largest absolute Gasteiger partial charge is 0.444 e. The molecule has 0 aliphatic heterocycles. The predicted octanol–water partition coefficient (Wildman–Crippen LogP) is 3.99. The van der Waals surface area contributed by atoms with Gasteiger partial charge in [0.25, 0.3) is 0 Å². The van der Waals surface area contributed by atoms with Crippen molar-refractivity contribution in [1.29, 1.82) is 0 Å². The van der Waals surface area contributed by atoms with Crippen LogP contribution in [-0.4, -0.2) is 11.0 Å². The first kappa shape index (κ1) is 13.6. The summed E-state index contributed by atoms with van der Waals surface area (Å²) in [5, 5.41) is 3.68. The van der Waals surface area contributed by atoms with E-state index in [0.717, 1.165) is 17.6 Å². The molecular formula is C15H26N2O. The Labute approximate surface area is 110 Å². The van der Waals surface area contributed by atoms with Gasteiger partial charge in [-0.3, -0.25) is 0 Å². The number of hydrogen-bond acceptors (Lipinski definition) is 3. The summed E-state index contributed by atoms with van der Waals surface area (Å²) in [5.41, 5.74) is 0. The highest BCUT2D eigenvalue weighted by atomic mass is 16.4. The predicted molar refractivity (Wildman–Crippen MR) is 73.4 cm³/mol. The van der Waals surface area contributed by atoms with Crippen LogP contribution in [0.3, 0.4) is 0 Å². The summed E-state index contributed by atoms with van der Waals surface area (Å²) in [6.07, 6.45) is 9.85. The van der Waals surface area contributed by atoms with Crippen LogP contribution in [0, 0.1) is 12.8 Å². The first-order chi connectivity index (χ1) is 8.69. The van der Waals surface area contributed by atoms with E-state index in [1.807, 2.05) is 6.92 Å². The van der Waals surface area contributed by atoms with E-state index in [0.29, 0.717) is 6.04 Å². The molecule has 18 heavy (non-hydrogen) atoms. The summed E-state index contributed by atoms with van der Waals surface area (Å²) >= 11 is 0. The summed E-state index contributed by atoms with van der Waals surface area (Å²) in [7, 11) is 0. The molecule has 3 heteroatoms. The van der Waals surface area contributed by atoms with Gasteiger partial charge in [0.05, 0.1) is 12.2 Å². The van der Waals surface area contributed by atoms with E-state index in [1.165, 1.54) is 38.5 Å². The van der Waals surface area contributed by atoms with Crippen molar-refractivity contribution in [3.8, 4) is 0 Å². The van der Waals surface area contributed by atoms with E-state index in [-0.39, 0.29) is 6.04 Å². The van der Waals surface area contributed by atoms with E-state index in [1.54, 1.807) is 6.20 Å². The quantitative estimate of drug-likeness (QED) is 0.821. The van der Waals surface area contributed by atoms with Crippen molar-refractivity contribution in [1.82, 2.24) is 10.3 Å². The number of nitrogens with one attached hydrogen (secondary N) is 1. The van der Waals surface area contributed by atoms with Crippen LogP contribution < -0.4 is 5.32 Å². The fourth-order valence-corrected chi connectivity index (χ4v) is 2.95. The Balaban J connectivity index is 1.85. The van der Waals surface area contributed by atoms with Crippen molar-refractivity contribution < 1.29 is 4.42 Å². The fraction of sp³-hybridized carbons (Fsp3) is 0.800. The van der Waals surface area contributed by atoms with Gasteiger partial charge in [-0.1, -0.05) is 26.2 Å².